The Bertz CT molecular complexity index is 1150. The van der Waals surface area contributed by atoms with Gasteiger partial charge in [-0.05, 0) is 34.0 Å². The molecule has 33 heavy (non-hydrogen) atoms. The van der Waals surface area contributed by atoms with Gasteiger partial charge < -0.3 is 15.4 Å². The molecule has 3 aromatic rings. The van der Waals surface area contributed by atoms with E-state index in [0.717, 1.165) is 21.9 Å². The highest BCUT2D eigenvalue weighted by atomic mass is 16.5. The molecule has 1 heterocycles. The van der Waals surface area contributed by atoms with E-state index in [1.807, 2.05) is 18.2 Å². The Hall–Kier alpha value is -3.71. The van der Waals surface area contributed by atoms with Crippen molar-refractivity contribution in [2.45, 2.75) is 25.6 Å². The Kier molecular flexibility index (Phi) is 7.00. The number of ether oxygens (including phenoxy) is 1. The maximum Gasteiger partial charge on any atom is 0.337 e. The van der Waals surface area contributed by atoms with E-state index in [1.54, 1.807) is 24.3 Å². The van der Waals surface area contributed by atoms with Crippen molar-refractivity contribution in [1.29, 1.82) is 0 Å². The summed E-state index contributed by atoms with van der Waals surface area (Å²) < 4.78 is 4.69. The number of carbonyl (C=O) groups is 3. The van der Waals surface area contributed by atoms with E-state index in [2.05, 4.69) is 39.8 Å². The predicted molar refractivity (Wildman–Crippen MR) is 125 cm³/mol. The number of fused-ring (bicyclic) bond motifs is 1. The summed E-state index contributed by atoms with van der Waals surface area (Å²) in [5, 5.41) is 8.08. The zero-order valence-electron chi connectivity index (χ0n) is 18.5. The summed E-state index contributed by atoms with van der Waals surface area (Å²) in [6, 6.07) is 20.7. The first-order valence-corrected chi connectivity index (χ1v) is 11.0. The number of nitrogens with one attached hydrogen (secondary N) is 2. The predicted octanol–water partition coefficient (Wildman–Crippen LogP) is 2.63. The van der Waals surface area contributed by atoms with Gasteiger partial charge in [0, 0.05) is 26.2 Å². The molecule has 3 aromatic carbocycles. The standard InChI is InChI=1S/C26H27N3O4/c1-33-26(32)20-11-9-18(10-12-20)16-28-24(30)15-23-25(31)27-13-14-29(23)17-21-7-4-6-19-5-2-3-8-22(19)21/h2-12,23H,13-17H2,1H3,(H,27,31)(H,28,30)/t23-/m0/s1. The monoisotopic (exact) mass is 445 g/mol. The van der Waals surface area contributed by atoms with Crippen LogP contribution in [0.5, 0.6) is 0 Å². The van der Waals surface area contributed by atoms with E-state index in [0.29, 0.717) is 31.7 Å². The van der Waals surface area contributed by atoms with Crippen molar-refractivity contribution < 1.29 is 19.1 Å². The van der Waals surface area contributed by atoms with E-state index in [4.69, 9.17) is 4.74 Å². The molecule has 0 unspecified atom stereocenters. The lowest BCUT2D eigenvalue weighted by atomic mass is 10.0. The number of hydrogen-bond acceptors (Lipinski definition) is 5. The largest absolute Gasteiger partial charge is 0.465 e. The third kappa shape index (κ3) is 5.38. The fourth-order valence-electron chi connectivity index (χ4n) is 4.15. The first-order chi connectivity index (χ1) is 16.0. The van der Waals surface area contributed by atoms with Crippen LogP contribution < -0.4 is 10.6 Å². The third-order valence-electron chi connectivity index (χ3n) is 5.94. The number of carbonyl (C=O) groups excluding carboxylic acids is 3. The Morgan fingerprint density at radius 2 is 1.82 bits per heavy atom. The summed E-state index contributed by atoms with van der Waals surface area (Å²) in [7, 11) is 1.33. The maximum absolute atomic E-state index is 12.7. The molecular weight excluding hydrogens is 418 g/mol. The molecule has 0 aliphatic carbocycles. The van der Waals surface area contributed by atoms with Gasteiger partial charge in [0.25, 0.3) is 0 Å². The van der Waals surface area contributed by atoms with Crippen molar-refractivity contribution in [3.05, 3.63) is 83.4 Å². The van der Waals surface area contributed by atoms with Crippen LogP contribution in [0.15, 0.2) is 66.7 Å². The number of hydrogen-bond donors (Lipinski definition) is 2. The van der Waals surface area contributed by atoms with Gasteiger partial charge in [0.15, 0.2) is 0 Å². The molecular formula is C26H27N3O4. The number of methoxy groups -OCH3 is 1. The van der Waals surface area contributed by atoms with Crippen molar-refractivity contribution in [2.24, 2.45) is 0 Å². The summed E-state index contributed by atoms with van der Waals surface area (Å²) in [6.07, 6.45) is 0.0802. The summed E-state index contributed by atoms with van der Waals surface area (Å²) in [4.78, 5) is 38.9. The average molecular weight is 446 g/mol. The molecule has 1 saturated heterocycles. The lowest BCUT2D eigenvalue weighted by Gasteiger charge is -2.35. The lowest BCUT2D eigenvalue weighted by Crippen LogP contribution is -2.56. The fourth-order valence-corrected chi connectivity index (χ4v) is 4.15. The van der Waals surface area contributed by atoms with Crippen LogP contribution in [0.1, 0.15) is 27.9 Å². The van der Waals surface area contributed by atoms with Gasteiger partial charge in [-0.1, -0.05) is 54.6 Å². The summed E-state index contributed by atoms with van der Waals surface area (Å²) in [6.45, 7) is 2.16. The van der Waals surface area contributed by atoms with Crippen LogP contribution >= 0.6 is 0 Å². The van der Waals surface area contributed by atoms with Crippen molar-refractivity contribution in [2.75, 3.05) is 20.2 Å². The molecule has 0 spiro atoms. The number of amides is 2. The molecule has 0 radical (unpaired) electrons. The molecule has 7 nitrogen and oxygen atoms in total. The first kappa shape index (κ1) is 22.5. The summed E-state index contributed by atoms with van der Waals surface area (Å²) in [5.41, 5.74) is 2.45. The second-order valence-corrected chi connectivity index (χ2v) is 8.08. The topological polar surface area (TPSA) is 87.7 Å². The molecule has 1 aliphatic heterocycles. The number of rotatable bonds is 7. The average Bonchev–Trinajstić information content (AvgIpc) is 2.85. The fraction of sp³-hybridized carbons (Fsp3) is 0.269. The highest BCUT2D eigenvalue weighted by molar-refractivity contribution is 5.90. The molecule has 1 fully saturated rings. The molecule has 2 amide bonds. The minimum atomic E-state index is -0.528. The van der Waals surface area contributed by atoms with E-state index in [-0.39, 0.29) is 18.2 Å². The normalized spacial score (nSPS) is 16.3. The first-order valence-electron chi connectivity index (χ1n) is 11.0. The van der Waals surface area contributed by atoms with E-state index in [9.17, 15) is 14.4 Å². The van der Waals surface area contributed by atoms with Crippen molar-refractivity contribution in [3.63, 3.8) is 0 Å². The Labute approximate surface area is 192 Å². The maximum atomic E-state index is 12.7. The number of benzene rings is 3. The lowest BCUT2D eigenvalue weighted by molar-refractivity contribution is -0.134. The summed E-state index contributed by atoms with van der Waals surface area (Å²) in [5.74, 6) is -0.726. The minimum absolute atomic E-state index is 0.0802. The van der Waals surface area contributed by atoms with Crippen LogP contribution in [0, 0.1) is 0 Å². The van der Waals surface area contributed by atoms with Gasteiger partial charge in [0.05, 0.1) is 25.1 Å². The molecule has 0 aromatic heterocycles. The van der Waals surface area contributed by atoms with Gasteiger partial charge in [0.1, 0.15) is 0 Å². The van der Waals surface area contributed by atoms with Crippen molar-refractivity contribution in [3.8, 4) is 0 Å². The molecule has 2 N–H and O–H groups in total. The second-order valence-electron chi connectivity index (χ2n) is 8.08. The van der Waals surface area contributed by atoms with Gasteiger partial charge in [-0.2, -0.15) is 0 Å². The van der Waals surface area contributed by atoms with Gasteiger partial charge in [-0.15, -0.1) is 0 Å². The highest BCUT2D eigenvalue weighted by Gasteiger charge is 2.31. The van der Waals surface area contributed by atoms with Crippen molar-refractivity contribution in [1.82, 2.24) is 15.5 Å². The number of nitrogens with zero attached hydrogens (tertiary/aromatic N) is 1. The molecule has 7 heteroatoms. The second kappa shape index (κ2) is 10.3. The van der Waals surface area contributed by atoms with E-state index >= 15 is 0 Å². The van der Waals surface area contributed by atoms with Gasteiger partial charge in [0.2, 0.25) is 11.8 Å². The minimum Gasteiger partial charge on any atom is -0.465 e. The Balaban J connectivity index is 1.40. The van der Waals surface area contributed by atoms with Crippen LogP contribution in [0.25, 0.3) is 10.8 Å². The summed E-state index contributed by atoms with van der Waals surface area (Å²) >= 11 is 0. The van der Waals surface area contributed by atoms with E-state index < -0.39 is 12.0 Å². The molecule has 1 atom stereocenters. The number of piperazine rings is 1. The number of esters is 1. The van der Waals surface area contributed by atoms with E-state index in [1.165, 1.54) is 7.11 Å². The van der Waals surface area contributed by atoms with Crippen LogP contribution in [0.3, 0.4) is 0 Å². The molecule has 4 rings (SSSR count). The van der Waals surface area contributed by atoms with Crippen molar-refractivity contribution >= 4 is 28.6 Å². The molecule has 0 bridgehead atoms. The van der Waals surface area contributed by atoms with Gasteiger partial charge in [-0.3, -0.25) is 14.5 Å². The van der Waals surface area contributed by atoms with Crippen LogP contribution in [0.2, 0.25) is 0 Å². The molecule has 1 aliphatic rings. The molecule has 170 valence electrons. The SMILES string of the molecule is COC(=O)c1ccc(CNC(=O)C[C@H]2C(=O)NCCN2Cc2cccc3ccccc23)cc1. The van der Waals surface area contributed by atoms with Crippen LogP contribution in [-0.2, 0) is 27.4 Å². The highest BCUT2D eigenvalue weighted by Crippen LogP contribution is 2.22. The zero-order valence-corrected chi connectivity index (χ0v) is 18.5. The van der Waals surface area contributed by atoms with Gasteiger partial charge in [-0.25, -0.2) is 4.79 Å². The van der Waals surface area contributed by atoms with Gasteiger partial charge >= 0.3 is 5.97 Å². The molecule has 0 saturated carbocycles. The zero-order chi connectivity index (χ0) is 23.2. The van der Waals surface area contributed by atoms with Crippen LogP contribution in [0.4, 0.5) is 0 Å². The van der Waals surface area contributed by atoms with Crippen LogP contribution in [-0.4, -0.2) is 48.9 Å². The Morgan fingerprint density at radius 3 is 2.61 bits per heavy atom. The smallest absolute Gasteiger partial charge is 0.337 e. The Morgan fingerprint density at radius 1 is 1.06 bits per heavy atom. The quantitative estimate of drug-likeness (QED) is 0.546. The third-order valence-corrected chi connectivity index (χ3v) is 5.94.